The van der Waals surface area contributed by atoms with Gasteiger partial charge in [-0.1, -0.05) is 30.3 Å². The molecule has 0 radical (unpaired) electrons. The largest absolute Gasteiger partial charge is 0.354 e. The van der Waals surface area contributed by atoms with Crippen LogP contribution in [-0.2, 0) is 0 Å². The van der Waals surface area contributed by atoms with Crippen LogP contribution in [0.2, 0.25) is 0 Å². The van der Waals surface area contributed by atoms with Crippen LogP contribution in [0.3, 0.4) is 0 Å². The SMILES string of the molecule is CC(N)c1c(-c2ccccc2)[nH]c2ccc(F)cc12. The zero-order chi connectivity index (χ0) is 13.4. The molecule has 0 aliphatic rings. The van der Waals surface area contributed by atoms with Gasteiger partial charge in [0.15, 0.2) is 0 Å². The molecular weight excluding hydrogens is 239 g/mol. The number of hydrogen-bond donors (Lipinski definition) is 2. The molecule has 1 aromatic heterocycles. The minimum atomic E-state index is -0.243. The van der Waals surface area contributed by atoms with Crippen molar-refractivity contribution >= 4 is 10.9 Å². The minimum absolute atomic E-state index is 0.161. The monoisotopic (exact) mass is 254 g/mol. The highest BCUT2D eigenvalue weighted by Crippen LogP contribution is 2.33. The first-order valence-electron chi connectivity index (χ1n) is 6.29. The van der Waals surface area contributed by atoms with E-state index in [9.17, 15) is 4.39 Å². The number of fused-ring (bicyclic) bond motifs is 1. The van der Waals surface area contributed by atoms with Gasteiger partial charge in [0.1, 0.15) is 5.82 Å². The summed E-state index contributed by atoms with van der Waals surface area (Å²) in [7, 11) is 0. The highest BCUT2D eigenvalue weighted by atomic mass is 19.1. The molecule has 2 nitrogen and oxygen atoms in total. The zero-order valence-corrected chi connectivity index (χ0v) is 10.7. The van der Waals surface area contributed by atoms with Crippen molar-refractivity contribution in [2.24, 2.45) is 5.73 Å². The van der Waals surface area contributed by atoms with E-state index in [-0.39, 0.29) is 11.9 Å². The van der Waals surface area contributed by atoms with E-state index >= 15 is 0 Å². The van der Waals surface area contributed by atoms with Gasteiger partial charge < -0.3 is 10.7 Å². The van der Waals surface area contributed by atoms with Crippen LogP contribution in [0.5, 0.6) is 0 Å². The molecule has 0 amide bonds. The van der Waals surface area contributed by atoms with Crippen molar-refractivity contribution in [1.82, 2.24) is 4.98 Å². The van der Waals surface area contributed by atoms with Crippen LogP contribution < -0.4 is 5.73 Å². The fraction of sp³-hybridized carbons (Fsp3) is 0.125. The second-order valence-corrected chi connectivity index (χ2v) is 4.76. The molecule has 0 fully saturated rings. The average Bonchev–Trinajstić information content (AvgIpc) is 2.78. The lowest BCUT2D eigenvalue weighted by Gasteiger charge is -2.08. The molecule has 3 aromatic rings. The second-order valence-electron chi connectivity index (χ2n) is 4.76. The number of benzene rings is 2. The lowest BCUT2D eigenvalue weighted by Crippen LogP contribution is -2.05. The molecule has 1 atom stereocenters. The van der Waals surface area contributed by atoms with Crippen molar-refractivity contribution < 1.29 is 4.39 Å². The van der Waals surface area contributed by atoms with Crippen LogP contribution in [-0.4, -0.2) is 4.98 Å². The van der Waals surface area contributed by atoms with Crippen molar-refractivity contribution in [2.75, 3.05) is 0 Å². The van der Waals surface area contributed by atoms with Gasteiger partial charge in [-0.15, -0.1) is 0 Å². The maximum absolute atomic E-state index is 13.4. The molecule has 19 heavy (non-hydrogen) atoms. The third-order valence-electron chi connectivity index (χ3n) is 3.32. The summed E-state index contributed by atoms with van der Waals surface area (Å²) in [4.78, 5) is 3.34. The Hall–Kier alpha value is -2.13. The number of hydrogen-bond acceptors (Lipinski definition) is 1. The predicted molar refractivity (Wildman–Crippen MR) is 76.3 cm³/mol. The van der Waals surface area contributed by atoms with E-state index in [0.29, 0.717) is 0 Å². The van der Waals surface area contributed by atoms with Crippen molar-refractivity contribution in [3.8, 4) is 11.3 Å². The quantitative estimate of drug-likeness (QED) is 0.713. The summed E-state index contributed by atoms with van der Waals surface area (Å²) in [6.07, 6.45) is 0. The molecule has 0 saturated heterocycles. The van der Waals surface area contributed by atoms with E-state index in [1.807, 2.05) is 37.3 Å². The Balaban J connectivity index is 2.33. The molecule has 1 heterocycles. The molecule has 1 unspecified atom stereocenters. The lowest BCUT2D eigenvalue weighted by atomic mass is 10.0. The van der Waals surface area contributed by atoms with Gasteiger partial charge in [0.25, 0.3) is 0 Å². The molecule has 0 aliphatic carbocycles. The first-order chi connectivity index (χ1) is 9.16. The fourth-order valence-electron chi connectivity index (χ4n) is 2.49. The van der Waals surface area contributed by atoms with E-state index in [0.717, 1.165) is 27.7 Å². The third-order valence-corrected chi connectivity index (χ3v) is 3.32. The molecule has 2 aromatic carbocycles. The van der Waals surface area contributed by atoms with Crippen LogP contribution >= 0.6 is 0 Å². The number of rotatable bonds is 2. The maximum Gasteiger partial charge on any atom is 0.123 e. The number of nitrogens with two attached hydrogens (primary N) is 1. The number of aromatic amines is 1. The van der Waals surface area contributed by atoms with E-state index in [1.54, 1.807) is 6.07 Å². The number of halogens is 1. The van der Waals surface area contributed by atoms with E-state index in [2.05, 4.69) is 4.98 Å². The predicted octanol–water partition coefficient (Wildman–Crippen LogP) is 3.99. The Bertz CT molecular complexity index is 714. The summed E-state index contributed by atoms with van der Waals surface area (Å²) < 4.78 is 13.4. The standard InChI is InChI=1S/C16H15FN2/c1-10(18)15-13-9-12(17)7-8-14(13)19-16(15)11-5-3-2-4-6-11/h2-10,19H,18H2,1H3. The zero-order valence-electron chi connectivity index (χ0n) is 10.7. The van der Waals surface area contributed by atoms with E-state index in [4.69, 9.17) is 5.73 Å². The van der Waals surface area contributed by atoms with Crippen LogP contribution in [0, 0.1) is 5.82 Å². The smallest absolute Gasteiger partial charge is 0.123 e. The summed E-state index contributed by atoms with van der Waals surface area (Å²) in [6.45, 7) is 1.92. The number of aromatic nitrogens is 1. The summed E-state index contributed by atoms with van der Waals surface area (Å²) in [5.74, 6) is -0.243. The van der Waals surface area contributed by atoms with E-state index < -0.39 is 0 Å². The molecule has 0 aliphatic heterocycles. The van der Waals surface area contributed by atoms with Crippen LogP contribution in [0.4, 0.5) is 4.39 Å². The average molecular weight is 254 g/mol. The van der Waals surface area contributed by atoms with Crippen molar-refractivity contribution in [3.63, 3.8) is 0 Å². The number of nitrogens with one attached hydrogen (secondary N) is 1. The Morgan fingerprint density at radius 3 is 2.53 bits per heavy atom. The Morgan fingerprint density at radius 1 is 1.11 bits per heavy atom. The molecule has 96 valence electrons. The number of H-pyrrole nitrogens is 1. The molecule has 0 spiro atoms. The molecule has 0 bridgehead atoms. The third kappa shape index (κ3) is 2.02. The first kappa shape index (κ1) is 11.9. The Morgan fingerprint density at radius 2 is 1.84 bits per heavy atom. The fourth-order valence-corrected chi connectivity index (χ4v) is 2.49. The maximum atomic E-state index is 13.4. The van der Waals surface area contributed by atoms with Crippen molar-refractivity contribution in [1.29, 1.82) is 0 Å². The van der Waals surface area contributed by atoms with Crippen LogP contribution in [0.15, 0.2) is 48.5 Å². The van der Waals surface area contributed by atoms with Crippen LogP contribution in [0.1, 0.15) is 18.5 Å². The van der Waals surface area contributed by atoms with Gasteiger partial charge in [0.2, 0.25) is 0 Å². The lowest BCUT2D eigenvalue weighted by molar-refractivity contribution is 0.629. The second kappa shape index (κ2) is 4.52. The van der Waals surface area contributed by atoms with Gasteiger partial charge in [-0.3, -0.25) is 0 Å². The van der Waals surface area contributed by atoms with Gasteiger partial charge in [0, 0.05) is 22.5 Å². The highest BCUT2D eigenvalue weighted by Gasteiger charge is 2.16. The Labute approximate surface area is 111 Å². The van der Waals surface area contributed by atoms with Gasteiger partial charge in [0.05, 0.1) is 5.69 Å². The molecule has 3 rings (SSSR count). The summed E-state index contributed by atoms with van der Waals surface area (Å²) in [6, 6.07) is 14.6. The normalized spacial score (nSPS) is 12.8. The van der Waals surface area contributed by atoms with Gasteiger partial charge >= 0.3 is 0 Å². The Kier molecular flexibility index (Phi) is 2.84. The summed E-state index contributed by atoms with van der Waals surface area (Å²) >= 11 is 0. The molecule has 0 saturated carbocycles. The summed E-state index contributed by atoms with van der Waals surface area (Å²) in [5, 5.41) is 0.855. The topological polar surface area (TPSA) is 41.8 Å². The van der Waals surface area contributed by atoms with Gasteiger partial charge in [-0.05, 0) is 30.7 Å². The molecule has 3 N–H and O–H groups in total. The van der Waals surface area contributed by atoms with Crippen LogP contribution in [0.25, 0.3) is 22.2 Å². The van der Waals surface area contributed by atoms with Gasteiger partial charge in [-0.25, -0.2) is 4.39 Å². The summed E-state index contributed by atoms with van der Waals surface area (Å²) in [5.41, 5.74) is 9.97. The highest BCUT2D eigenvalue weighted by molar-refractivity contribution is 5.91. The first-order valence-corrected chi connectivity index (χ1v) is 6.29. The molecule has 3 heteroatoms. The van der Waals surface area contributed by atoms with Crippen molar-refractivity contribution in [3.05, 3.63) is 59.9 Å². The van der Waals surface area contributed by atoms with Crippen molar-refractivity contribution in [2.45, 2.75) is 13.0 Å². The minimum Gasteiger partial charge on any atom is -0.354 e. The molecular formula is C16H15FN2. The van der Waals surface area contributed by atoms with Gasteiger partial charge in [-0.2, -0.15) is 0 Å². The van der Waals surface area contributed by atoms with E-state index in [1.165, 1.54) is 12.1 Å².